The first-order valence-corrected chi connectivity index (χ1v) is 18.3. The zero-order chi connectivity index (χ0) is 17.3. The maximum atomic E-state index is 12.8. The van der Waals surface area contributed by atoms with Gasteiger partial charge in [-0.2, -0.15) is 0 Å². The SMILES string of the molecule is CN(C)CC[CH](OC(=O)N1C(C)(C)COC1(C)C)[Sn]([CH3])([CH3])[CH3]. The number of hydrogen-bond acceptors (Lipinski definition) is 4. The number of amides is 1. The van der Waals surface area contributed by atoms with Crippen LogP contribution in [0.4, 0.5) is 4.79 Å². The van der Waals surface area contributed by atoms with Gasteiger partial charge in [-0.15, -0.1) is 0 Å². The molecular weight excluding hydrogens is 387 g/mol. The molecule has 0 bridgehead atoms. The van der Waals surface area contributed by atoms with Gasteiger partial charge >= 0.3 is 140 Å². The molecule has 1 saturated heterocycles. The van der Waals surface area contributed by atoms with Crippen molar-refractivity contribution in [2.24, 2.45) is 0 Å². The van der Waals surface area contributed by atoms with Crippen molar-refractivity contribution in [3.8, 4) is 0 Å². The summed E-state index contributed by atoms with van der Waals surface area (Å²) in [6.45, 7) is 9.39. The molecule has 5 nitrogen and oxygen atoms in total. The van der Waals surface area contributed by atoms with Gasteiger partial charge in [-0.25, -0.2) is 0 Å². The van der Waals surface area contributed by atoms with Crippen LogP contribution in [0, 0.1) is 0 Å². The molecule has 0 aliphatic carbocycles. The Kier molecular flexibility index (Phi) is 6.24. The fourth-order valence-corrected chi connectivity index (χ4v) is 7.03. The molecule has 0 spiro atoms. The first-order chi connectivity index (χ1) is 9.77. The molecule has 0 saturated carbocycles. The van der Waals surface area contributed by atoms with Crippen LogP contribution in [-0.4, -0.2) is 76.9 Å². The predicted octanol–water partition coefficient (Wildman–Crippen LogP) is 3.17. The summed E-state index contributed by atoms with van der Waals surface area (Å²) in [7, 11) is 4.11. The zero-order valence-corrected chi connectivity index (χ0v) is 18.7. The Hall–Kier alpha value is -0.0113. The molecule has 0 N–H and O–H groups in total. The molecule has 1 heterocycles. The van der Waals surface area contributed by atoms with E-state index in [1.54, 1.807) is 4.90 Å². The van der Waals surface area contributed by atoms with Gasteiger partial charge in [0.05, 0.1) is 0 Å². The molecule has 22 heavy (non-hydrogen) atoms. The van der Waals surface area contributed by atoms with E-state index in [0.717, 1.165) is 13.0 Å². The second kappa shape index (κ2) is 6.85. The Morgan fingerprint density at radius 2 is 1.82 bits per heavy atom. The van der Waals surface area contributed by atoms with Crippen LogP contribution in [0.1, 0.15) is 34.1 Å². The van der Waals surface area contributed by atoms with E-state index in [2.05, 4.69) is 33.8 Å². The van der Waals surface area contributed by atoms with Crippen molar-refractivity contribution in [2.45, 2.75) is 64.3 Å². The van der Waals surface area contributed by atoms with Crippen LogP contribution < -0.4 is 0 Å². The number of carbonyl (C=O) groups is 1. The van der Waals surface area contributed by atoms with Crippen LogP contribution in [0.3, 0.4) is 0 Å². The second-order valence-electron chi connectivity index (χ2n) is 8.71. The van der Waals surface area contributed by atoms with Crippen LogP contribution in [-0.2, 0) is 9.47 Å². The third-order valence-electron chi connectivity index (χ3n) is 4.15. The number of nitrogens with zero attached hydrogens (tertiary/aromatic N) is 2. The summed E-state index contributed by atoms with van der Waals surface area (Å²) in [6.07, 6.45) is 0.677. The first-order valence-electron chi connectivity index (χ1n) is 8.07. The van der Waals surface area contributed by atoms with E-state index >= 15 is 0 Å². The van der Waals surface area contributed by atoms with Crippen molar-refractivity contribution in [3.05, 3.63) is 0 Å². The van der Waals surface area contributed by atoms with Crippen molar-refractivity contribution in [3.63, 3.8) is 0 Å². The second-order valence-corrected chi connectivity index (χ2v) is 24.1. The summed E-state index contributed by atoms with van der Waals surface area (Å²) in [5.74, 6) is 0. The minimum atomic E-state index is -2.37. The number of rotatable bonds is 5. The molecule has 0 aromatic carbocycles. The molecule has 6 heteroatoms. The Morgan fingerprint density at radius 3 is 2.18 bits per heavy atom. The molecule has 0 radical (unpaired) electrons. The molecule has 1 fully saturated rings. The van der Waals surface area contributed by atoms with Crippen molar-refractivity contribution in [2.75, 3.05) is 27.2 Å². The van der Waals surface area contributed by atoms with Crippen LogP contribution >= 0.6 is 0 Å². The molecular formula is C16H34N2O3Sn. The average Bonchev–Trinajstić information content (AvgIpc) is 2.51. The minimum absolute atomic E-state index is 0.0800. The van der Waals surface area contributed by atoms with Gasteiger partial charge in [-0.1, -0.05) is 0 Å². The predicted molar refractivity (Wildman–Crippen MR) is 92.7 cm³/mol. The Balaban J connectivity index is 2.86. The molecule has 1 aliphatic rings. The standard InChI is InChI=1S/C13H25N2O3.3CH3.Sn/c1-12(2)10-18-13(3,4)15(12)11(16)17-9-7-8-14(5)6;;;;/h9H,7-8,10H2,1-6H3;3*1H3;. The third kappa shape index (κ3) is 4.99. The molecule has 0 aromatic heterocycles. The maximum absolute atomic E-state index is 12.8. The summed E-state index contributed by atoms with van der Waals surface area (Å²) in [5, 5.41) is 0. The van der Waals surface area contributed by atoms with Gasteiger partial charge in [-0.05, 0) is 0 Å². The van der Waals surface area contributed by atoms with Gasteiger partial charge in [0.15, 0.2) is 0 Å². The van der Waals surface area contributed by atoms with E-state index in [4.69, 9.17) is 9.47 Å². The van der Waals surface area contributed by atoms with Crippen LogP contribution in [0.25, 0.3) is 0 Å². The quantitative estimate of drug-likeness (QED) is 0.640. The van der Waals surface area contributed by atoms with Crippen LogP contribution in [0.5, 0.6) is 0 Å². The molecule has 130 valence electrons. The van der Waals surface area contributed by atoms with Crippen molar-refractivity contribution in [1.82, 2.24) is 9.80 Å². The van der Waals surface area contributed by atoms with Gasteiger partial charge in [0, 0.05) is 0 Å². The number of carbonyl (C=O) groups excluding carboxylic acids is 1. The molecule has 1 aliphatic heterocycles. The van der Waals surface area contributed by atoms with E-state index in [-0.39, 0.29) is 15.8 Å². The first kappa shape index (κ1) is 20.0. The normalized spacial score (nSPS) is 22.0. The summed E-state index contributed by atoms with van der Waals surface area (Å²) < 4.78 is 11.9. The van der Waals surface area contributed by atoms with Crippen LogP contribution in [0.2, 0.25) is 14.8 Å². The van der Waals surface area contributed by atoms with Crippen molar-refractivity contribution >= 4 is 24.5 Å². The third-order valence-corrected chi connectivity index (χ3v) is 10.8. The molecule has 1 unspecified atom stereocenters. The van der Waals surface area contributed by atoms with Crippen LogP contribution in [0.15, 0.2) is 0 Å². The zero-order valence-electron chi connectivity index (χ0n) is 15.8. The molecule has 1 rings (SSSR count). The topological polar surface area (TPSA) is 42.0 Å². The summed E-state index contributed by atoms with van der Waals surface area (Å²) in [4.78, 5) is 23.7. The van der Waals surface area contributed by atoms with E-state index in [0.29, 0.717) is 6.61 Å². The molecule has 1 amide bonds. The Labute approximate surface area is 140 Å². The molecule has 0 aromatic rings. The van der Waals surface area contributed by atoms with Gasteiger partial charge in [0.2, 0.25) is 0 Å². The Bertz CT molecular complexity index is 387. The number of hydrogen-bond donors (Lipinski definition) is 0. The van der Waals surface area contributed by atoms with E-state index in [9.17, 15) is 4.79 Å². The average molecular weight is 421 g/mol. The van der Waals surface area contributed by atoms with Crippen molar-refractivity contribution < 1.29 is 14.3 Å². The summed E-state index contributed by atoms with van der Waals surface area (Å²) >= 11 is -2.37. The molecule has 1 atom stereocenters. The number of ether oxygens (including phenoxy) is 2. The van der Waals surface area contributed by atoms with Gasteiger partial charge in [0.25, 0.3) is 0 Å². The van der Waals surface area contributed by atoms with Crippen molar-refractivity contribution in [1.29, 1.82) is 0 Å². The van der Waals surface area contributed by atoms with E-state index in [1.165, 1.54) is 0 Å². The van der Waals surface area contributed by atoms with Gasteiger partial charge < -0.3 is 0 Å². The fraction of sp³-hybridized carbons (Fsp3) is 0.938. The fourth-order valence-electron chi connectivity index (χ4n) is 2.90. The summed E-state index contributed by atoms with van der Waals surface area (Å²) in [5.41, 5.74) is -0.944. The Morgan fingerprint density at radius 1 is 1.27 bits per heavy atom. The van der Waals surface area contributed by atoms with Gasteiger partial charge in [-0.3, -0.25) is 0 Å². The summed E-state index contributed by atoms with van der Waals surface area (Å²) in [6, 6.07) is 0. The van der Waals surface area contributed by atoms with Gasteiger partial charge in [0.1, 0.15) is 0 Å². The van der Waals surface area contributed by atoms with E-state index < -0.39 is 24.1 Å². The monoisotopic (exact) mass is 422 g/mol. The van der Waals surface area contributed by atoms with E-state index in [1.807, 2.05) is 27.7 Å².